The smallest absolute Gasteiger partial charge is 0.119 e. The quantitative estimate of drug-likeness (QED) is 0.601. The van der Waals surface area contributed by atoms with Crippen LogP contribution < -0.4 is 0 Å². The van der Waals surface area contributed by atoms with Crippen LogP contribution in [0.15, 0.2) is 48.5 Å². The number of alkyl halides is 2. The molecule has 0 aromatic heterocycles. The third-order valence-corrected chi connectivity index (χ3v) is 6.63. The number of hydrogen-bond acceptors (Lipinski definition) is 1. The Bertz CT molecular complexity index is 640. The van der Waals surface area contributed by atoms with Crippen LogP contribution in [0, 0.1) is 0 Å². The zero-order valence-corrected chi connectivity index (χ0v) is 11.8. The second-order valence-electron chi connectivity index (χ2n) is 4.71. The Balaban J connectivity index is 2.08. The highest BCUT2D eigenvalue weighted by Crippen LogP contribution is 2.69. The summed E-state index contributed by atoms with van der Waals surface area (Å²) in [5.74, 6) is 0. The first-order valence-electron chi connectivity index (χ1n) is 5.91. The molecule has 0 amide bonds. The summed E-state index contributed by atoms with van der Waals surface area (Å²) in [7, 11) is 0. The average Bonchev–Trinajstić information content (AvgIpc) is 2.70. The lowest BCUT2D eigenvalue weighted by Gasteiger charge is -2.33. The lowest BCUT2D eigenvalue weighted by molar-refractivity contribution is 0.881. The molecule has 0 fully saturated rings. The molecule has 2 aromatic rings. The van der Waals surface area contributed by atoms with E-state index in [1.54, 1.807) is 11.8 Å². The molecule has 0 radical (unpaired) electrons. The molecule has 90 valence electrons. The minimum Gasteiger partial charge on any atom is -0.119 e. The Morgan fingerprint density at radius 1 is 0.889 bits per heavy atom. The molecule has 3 atom stereocenters. The van der Waals surface area contributed by atoms with Gasteiger partial charge in [-0.05, 0) is 22.3 Å². The molecule has 0 saturated heterocycles. The second kappa shape index (κ2) is 3.69. The van der Waals surface area contributed by atoms with Crippen molar-refractivity contribution in [3.05, 3.63) is 70.8 Å². The standard InChI is InChI=1S/C15H10Cl2S/c16-13-9-5-1-3-7-11(9)15(17)12-8-4-2-6-10(12)14(13)18-15/h1-8,13-14H/t13?,14?,15-/m0/s1. The Labute approximate surface area is 120 Å². The zero-order chi connectivity index (χ0) is 12.3. The van der Waals surface area contributed by atoms with Gasteiger partial charge < -0.3 is 0 Å². The second-order valence-corrected chi connectivity index (χ2v) is 7.33. The van der Waals surface area contributed by atoms with Crippen LogP contribution in [0.25, 0.3) is 0 Å². The number of benzene rings is 2. The van der Waals surface area contributed by atoms with Gasteiger partial charge in [0, 0.05) is 0 Å². The van der Waals surface area contributed by atoms with Crippen LogP contribution in [0.3, 0.4) is 0 Å². The first-order chi connectivity index (χ1) is 8.72. The SMILES string of the molecule is ClC1c2ccccc2[C@]2(Cl)SC1c1ccccc12. The van der Waals surface area contributed by atoms with E-state index in [9.17, 15) is 0 Å². The van der Waals surface area contributed by atoms with Gasteiger partial charge >= 0.3 is 0 Å². The van der Waals surface area contributed by atoms with Gasteiger partial charge in [-0.2, -0.15) is 0 Å². The maximum absolute atomic E-state index is 6.93. The van der Waals surface area contributed by atoms with Crippen LogP contribution in [0.2, 0.25) is 0 Å². The largest absolute Gasteiger partial charge is 0.141 e. The van der Waals surface area contributed by atoms with Gasteiger partial charge in [0.1, 0.15) is 4.21 Å². The minimum atomic E-state index is -0.455. The third-order valence-electron chi connectivity index (χ3n) is 3.77. The van der Waals surface area contributed by atoms with Crippen molar-refractivity contribution >= 4 is 35.0 Å². The van der Waals surface area contributed by atoms with Crippen LogP contribution >= 0.6 is 35.0 Å². The summed E-state index contributed by atoms with van der Waals surface area (Å²) < 4.78 is -0.455. The molecule has 3 heteroatoms. The van der Waals surface area contributed by atoms with E-state index in [2.05, 4.69) is 36.4 Å². The van der Waals surface area contributed by atoms with E-state index >= 15 is 0 Å². The summed E-state index contributed by atoms with van der Waals surface area (Å²) in [5.41, 5.74) is 4.82. The normalized spacial score (nSPS) is 31.9. The molecule has 2 unspecified atom stereocenters. The Morgan fingerprint density at radius 2 is 1.44 bits per heavy atom. The maximum atomic E-state index is 6.93. The molecule has 0 saturated carbocycles. The van der Waals surface area contributed by atoms with Crippen molar-refractivity contribution in [1.29, 1.82) is 0 Å². The molecule has 0 N–H and O–H groups in total. The van der Waals surface area contributed by atoms with Crippen LogP contribution in [0.1, 0.15) is 32.9 Å². The van der Waals surface area contributed by atoms with Crippen molar-refractivity contribution in [2.45, 2.75) is 14.8 Å². The number of hydrogen-bond donors (Lipinski definition) is 0. The highest BCUT2D eigenvalue weighted by atomic mass is 35.5. The lowest BCUT2D eigenvalue weighted by atomic mass is 9.99. The molecule has 2 aliphatic heterocycles. The van der Waals surface area contributed by atoms with Crippen LogP contribution in [-0.2, 0) is 4.21 Å². The molecule has 2 aromatic carbocycles. The van der Waals surface area contributed by atoms with Gasteiger partial charge in [0.15, 0.2) is 0 Å². The molecular formula is C15H10Cl2S. The summed E-state index contributed by atoms with van der Waals surface area (Å²) in [6.07, 6.45) is 0. The summed E-state index contributed by atoms with van der Waals surface area (Å²) in [4.78, 5) is 0. The third kappa shape index (κ3) is 1.25. The van der Waals surface area contributed by atoms with Crippen LogP contribution in [-0.4, -0.2) is 0 Å². The van der Waals surface area contributed by atoms with Gasteiger partial charge in [-0.25, -0.2) is 0 Å². The predicted molar refractivity (Wildman–Crippen MR) is 78.4 cm³/mol. The number of thioether (sulfide) groups is 1. The minimum absolute atomic E-state index is 0.00160. The molecule has 2 aliphatic rings. The van der Waals surface area contributed by atoms with Gasteiger partial charge in [-0.15, -0.1) is 23.4 Å². The number of fused-ring (bicyclic) bond motifs is 7. The Hall–Kier alpha value is -0.630. The highest BCUT2D eigenvalue weighted by molar-refractivity contribution is 8.02. The van der Waals surface area contributed by atoms with E-state index in [4.69, 9.17) is 23.2 Å². The van der Waals surface area contributed by atoms with E-state index in [1.165, 1.54) is 16.7 Å². The Kier molecular flexibility index (Phi) is 2.30. The molecular weight excluding hydrogens is 283 g/mol. The van der Waals surface area contributed by atoms with Crippen LogP contribution in [0.4, 0.5) is 0 Å². The van der Waals surface area contributed by atoms with Crippen molar-refractivity contribution < 1.29 is 0 Å². The summed E-state index contributed by atoms with van der Waals surface area (Å²) in [5, 5.41) is 0.261. The summed E-state index contributed by atoms with van der Waals surface area (Å²) in [6.45, 7) is 0. The van der Waals surface area contributed by atoms with E-state index < -0.39 is 4.21 Å². The monoisotopic (exact) mass is 292 g/mol. The van der Waals surface area contributed by atoms with Crippen molar-refractivity contribution in [1.82, 2.24) is 0 Å². The molecule has 18 heavy (non-hydrogen) atoms. The first kappa shape index (κ1) is 11.2. The van der Waals surface area contributed by atoms with Gasteiger partial charge in [-0.3, -0.25) is 0 Å². The topological polar surface area (TPSA) is 0 Å². The first-order valence-corrected chi connectivity index (χ1v) is 7.61. The van der Waals surface area contributed by atoms with Crippen molar-refractivity contribution in [3.63, 3.8) is 0 Å². The van der Waals surface area contributed by atoms with Gasteiger partial charge in [-0.1, -0.05) is 60.1 Å². The highest BCUT2D eigenvalue weighted by Gasteiger charge is 2.52. The number of halogens is 2. The summed E-state index contributed by atoms with van der Waals surface area (Å²) >= 11 is 15.3. The van der Waals surface area contributed by atoms with Gasteiger partial charge in [0.25, 0.3) is 0 Å². The molecule has 0 aliphatic carbocycles. The van der Waals surface area contributed by atoms with Crippen molar-refractivity contribution in [3.8, 4) is 0 Å². The molecule has 2 heterocycles. The van der Waals surface area contributed by atoms with Crippen molar-refractivity contribution in [2.75, 3.05) is 0 Å². The van der Waals surface area contributed by atoms with Crippen molar-refractivity contribution in [2.24, 2.45) is 0 Å². The maximum Gasteiger partial charge on any atom is 0.141 e. The fourth-order valence-corrected chi connectivity index (χ4v) is 5.65. The molecule has 0 nitrogen and oxygen atoms in total. The lowest BCUT2D eigenvalue weighted by Crippen LogP contribution is -2.19. The Morgan fingerprint density at radius 3 is 2.17 bits per heavy atom. The summed E-state index contributed by atoms with van der Waals surface area (Å²) in [6, 6.07) is 16.7. The number of rotatable bonds is 0. The average molecular weight is 293 g/mol. The fraction of sp³-hybridized carbons (Fsp3) is 0.200. The predicted octanol–water partition coefficient (Wildman–Crippen LogP) is 5.21. The van der Waals surface area contributed by atoms with E-state index in [-0.39, 0.29) is 10.6 Å². The molecule has 4 rings (SSSR count). The van der Waals surface area contributed by atoms with E-state index in [1.807, 2.05) is 12.1 Å². The van der Waals surface area contributed by atoms with Crippen LogP contribution in [0.5, 0.6) is 0 Å². The van der Waals surface area contributed by atoms with E-state index in [0.29, 0.717) is 0 Å². The van der Waals surface area contributed by atoms with Gasteiger partial charge in [0.05, 0.1) is 10.6 Å². The zero-order valence-electron chi connectivity index (χ0n) is 9.44. The molecule has 2 bridgehead atoms. The van der Waals surface area contributed by atoms with Gasteiger partial charge in [0.2, 0.25) is 0 Å². The van der Waals surface area contributed by atoms with E-state index in [0.717, 1.165) is 5.56 Å². The fourth-order valence-electron chi connectivity index (χ4n) is 2.96. The molecule has 0 spiro atoms.